The highest BCUT2D eigenvalue weighted by Crippen LogP contribution is 2.24. The van der Waals surface area contributed by atoms with Crippen LogP contribution in [0.5, 0.6) is 0 Å². The van der Waals surface area contributed by atoms with Gasteiger partial charge in [-0.15, -0.1) is 0 Å². The Hall–Kier alpha value is -3.40. The molecule has 0 unspecified atom stereocenters. The van der Waals surface area contributed by atoms with Crippen molar-refractivity contribution in [2.45, 2.75) is 6.92 Å². The number of anilines is 1. The molecule has 0 saturated carbocycles. The average molecular weight is 327 g/mol. The Balaban J connectivity index is 1.77. The van der Waals surface area contributed by atoms with Crippen LogP contribution in [0.15, 0.2) is 79.3 Å². The number of carbonyl (C=O) groups is 1. The van der Waals surface area contributed by atoms with Gasteiger partial charge in [0.15, 0.2) is 0 Å². The van der Waals surface area contributed by atoms with E-state index in [-0.39, 0.29) is 5.91 Å². The normalized spacial score (nSPS) is 10.8. The molecule has 2 heterocycles. The van der Waals surface area contributed by atoms with Crippen LogP contribution >= 0.6 is 0 Å². The Morgan fingerprint density at radius 3 is 2.56 bits per heavy atom. The van der Waals surface area contributed by atoms with E-state index in [0.29, 0.717) is 11.3 Å². The molecule has 4 rings (SSSR count). The second-order valence-electron chi connectivity index (χ2n) is 5.89. The summed E-state index contributed by atoms with van der Waals surface area (Å²) in [6, 6.07) is 19.4. The molecule has 2 aromatic heterocycles. The van der Waals surface area contributed by atoms with E-state index in [2.05, 4.69) is 10.3 Å². The van der Waals surface area contributed by atoms with Crippen LogP contribution < -0.4 is 5.32 Å². The molecule has 0 aliphatic heterocycles. The Kier molecular flexibility index (Phi) is 3.78. The van der Waals surface area contributed by atoms with E-state index in [1.54, 1.807) is 6.20 Å². The number of hydrogen-bond acceptors (Lipinski definition) is 2. The molecule has 1 amide bonds. The van der Waals surface area contributed by atoms with Crippen molar-refractivity contribution in [1.82, 2.24) is 9.55 Å². The predicted molar refractivity (Wildman–Crippen MR) is 100 cm³/mol. The van der Waals surface area contributed by atoms with Gasteiger partial charge in [0, 0.05) is 24.0 Å². The second-order valence-corrected chi connectivity index (χ2v) is 5.89. The first-order chi connectivity index (χ1) is 12.2. The first kappa shape index (κ1) is 15.1. The number of amides is 1. The monoisotopic (exact) mass is 327 g/mol. The highest BCUT2D eigenvalue weighted by Gasteiger charge is 2.16. The molecule has 1 N–H and O–H groups in total. The van der Waals surface area contributed by atoms with Gasteiger partial charge < -0.3 is 9.88 Å². The van der Waals surface area contributed by atoms with Crippen molar-refractivity contribution in [3.8, 4) is 5.69 Å². The zero-order chi connectivity index (χ0) is 17.2. The minimum absolute atomic E-state index is 0.139. The Morgan fingerprint density at radius 2 is 1.72 bits per heavy atom. The largest absolute Gasteiger partial charge is 0.323 e. The van der Waals surface area contributed by atoms with E-state index in [4.69, 9.17) is 0 Å². The molecule has 4 aromatic rings. The summed E-state index contributed by atoms with van der Waals surface area (Å²) in [4.78, 5) is 17.4. The van der Waals surface area contributed by atoms with Crippen LogP contribution in [0.4, 0.5) is 5.69 Å². The standard InChI is InChI=1S/C21H17N3O/c1-15-7-4-11-18(24-13-2-3-14-24)19(15)21(25)23-17-10-5-8-16-9-6-12-22-20(16)17/h2-14H,1H3,(H,23,25). The van der Waals surface area contributed by atoms with Gasteiger partial charge in [0.05, 0.1) is 22.5 Å². The summed E-state index contributed by atoms with van der Waals surface area (Å²) in [7, 11) is 0. The number of para-hydroxylation sites is 1. The van der Waals surface area contributed by atoms with Crippen molar-refractivity contribution in [2.75, 3.05) is 5.32 Å². The zero-order valence-electron chi connectivity index (χ0n) is 13.8. The molecule has 2 aromatic carbocycles. The molecule has 0 spiro atoms. The fraction of sp³-hybridized carbons (Fsp3) is 0.0476. The average Bonchev–Trinajstić information content (AvgIpc) is 3.16. The lowest BCUT2D eigenvalue weighted by molar-refractivity contribution is 0.102. The van der Waals surface area contributed by atoms with Crippen LogP contribution in [0.2, 0.25) is 0 Å². The van der Waals surface area contributed by atoms with Crippen LogP contribution in [0.25, 0.3) is 16.6 Å². The molecule has 0 atom stereocenters. The van der Waals surface area contributed by atoms with E-state index >= 15 is 0 Å². The molecular formula is C21H17N3O. The number of nitrogens with zero attached hydrogens (tertiary/aromatic N) is 2. The zero-order valence-corrected chi connectivity index (χ0v) is 13.8. The third-order valence-electron chi connectivity index (χ3n) is 4.24. The van der Waals surface area contributed by atoms with E-state index in [0.717, 1.165) is 22.2 Å². The highest BCUT2D eigenvalue weighted by atomic mass is 16.1. The quantitative estimate of drug-likeness (QED) is 0.598. The first-order valence-electron chi connectivity index (χ1n) is 8.12. The van der Waals surface area contributed by atoms with Crippen molar-refractivity contribution in [1.29, 1.82) is 0 Å². The van der Waals surface area contributed by atoms with Crippen LogP contribution in [0, 0.1) is 6.92 Å². The van der Waals surface area contributed by atoms with Gasteiger partial charge in [-0.3, -0.25) is 9.78 Å². The van der Waals surface area contributed by atoms with E-state index in [1.165, 1.54) is 0 Å². The van der Waals surface area contributed by atoms with Crippen molar-refractivity contribution < 1.29 is 4.79 Å². The molecule has 0 radical (unpaired) electrons. The van der Waals surface area contributed by atoms with Gasteiger partial charge in [-0.1, -0.05) is 30.3 Å². The predicted octanol–water partition coefficient (Wildman–Crippen LogP) is 4.59. The lowest BCUT2D eigenvalue weighted by Crippen LogP contribution is -2.16. The van der Waals surface area contributed by atoms with Gasteiger partial charge in [0.1, 0.15) is 0 Å². The van der Waals surface area contributed by atoms with Crippen molar-refractivity contribution in [3.05, 3.63) is 90.4 Å². The number of benzene rings is 2. The summed E-state index contributed by atoms with van der Waals surface area (Å²) < 4.78 is 1.95. The molecule has 0 aliphatic rings. The SMILES string of the molecule is Cc1cccc(-n2cccc2)c1C(=O)Nc1cccc2cccnc12. The van der Waals surface area contributed by atoms with Crippen LogP contribution in [-0.4, -0.2) is 15.5 Å². The maximum absolute atomic E-state index is 13.0. The molecule has 122 valence electrons. The van der Waals surface area contributed by atoms with E-state index in [1.807, 2.05) is 84.5 Å². The minimum Gasteiger partial charge on any atom is -0.323 e. The lowest BCUT2D eigenvalue weighted by atomic mass is 10.0. The summed E-state index contributed by atoms with van der Waals surface area (Å²) >= 11 is 0. The fourth-order valence-electron chi connectivity index (χ4n) is 3.05. The number of nitrogens with one attached hydrogen (secondary N) is 1. The van der Waals surface area contributed by atoms with Gasteiger partial charge in [-0.05, 0) is 42.8 Å². The number of carbonyl (C=O) groups excluding carboxylic acids is 1. The summed E-state index contributed by atoms with van der Waals surface area (Å²) in [6.45, 7) is 1.95. The topological polar surface area (TPSA) is 46.9 Å². The Labute approximate surface area is 145 Å². The molecule has 0 aliphatic carbocycles. The number of aromatic nitrogens is 2. The van der Waals surface area contributed by atoms with Crippen LogP contribution in [0.3, 0.4) is 0 Å². The number of aryl methyl sites for hydroxylation is 1. The van der Waals surface area contributed by atoms with Crippen LogP contribution in [-0.2, 0) is 0 Å². The Morgan fingerprint density at radius 1 is 0.960 bits per heavy atom. The molecule has 25 heavy (non-hydrogen) atoms. The smallest absolute Gasteiger partial charge is 0.258 e. The van der Waals surface area contributed by atoms with E-state index < -0.39 is 0 Å². The van der Waals surface area contributed by atoms with Crippen molar-refractivity contribution >= 4 is 22.5 Å². The first-order valence-corrected chi connectivity index (χ1v) is 8.12. The summed E-state index contributed by atoms with van der Waals surface area (Å²) in [5.41, 5.74) is 3.94. The molecule has 0 saturated heterocycles. The van der Waals surface area contributed by atoms with Gasteiger partial charge >= 0.3 is 0 Å². The maximum Gasteiger partial charge on any atom is 0.258 e. The van der Waals surface area contributed by atoms with Gasteiger partial charge in [-0.2, -0.15) is 0 Å². The molecule has 4 nitrogen and oxygen atoms in total. The molecule has 0 fully saturated rings. The fourth-order valence-corrected chi connectivity index (χ4v) is 3.05. The second kappa shape index (κ2) is 6.24. The minimum atomic E-state index is -0.139. The molecular weight excluding hydrogens is 310 g/mol. The summed E-state index contributed by atoms with van der Waals surface area (Å²) in [5.74, 6) is -0.139. The third-order valence-corrected chi connectivity index (χ3v) is 4.24. The highest BCUT2D eigenvalue weighted by molar-refractivity contribution is 6.10. The van der Waals surface area contributed by atoms with Crippen LogP contribution in [0.1, 0.15) is 15.9 Å². The molecule has 0 bridgehead atoms. The van der Waals surface area contributed by atoms with Gasteiger partial charge in [0.25, 0.3) is 5.91 Å². The maximum atomic E-state index is 13.0. The van der Waals surface area contributed by atoms with Gasteiger partial charge in [-0.25, -0.2) is 0 Å². The lowest BCUT2D eigenvalue weighted by Gasteiger charge is -2.14. The van der Waals surface area contributed by atoms with Gasteiger partial charge in [0.2, 0.25) is 0 Å². The molecule has 4 heteroatoms. The summed E-state index contributed by atoms with van der Waals surface area (Å²) in [6.07, 6.45) is 5.60. The van der Waals surface area contributed by atoms with Crippen molar-refractivity contribution in [2.24, 2.45) is 0 Å². The number of rotatable bonds is 3. The summed E-state index contributed by atoms with van der Waals surface area (Å²) in [5, 5.41) is 4.03. The van der Waals surface area contributed by atoms with Crippen molar-refractivity contribution in [3.63, 3.8) is 0 Å². The Bertz CT molecular complexity index is 1050. The van der Waals surface area contributed by atoms with E-state index in [9.17, 15) is 4.79 Å². The third kappa shape index (κ3) is 2.78. The number of hydrogen-bond donors (Lipinski definition) is 1. The number of pyridine rings is 1. The number of fused-ring (bicyclic) bond motifs is 1.